The van der Waals surface area contributed by atoms with Crippen molar-refractivity contribution in [1.82, 2.24) is 10.3 Å². The second-order valence-corrected chi connectivity index (χ2v) is 9.29. The van der Waals surface area contributed by atoms with Gasteiger partial charge in [0.1, 0.15) is 11.5 Å². The number of methoxy groups -OCH3 is 1. The molecular formula is C29H32N2O4. The Hall–Kier alpha value is -3.77. The number of hydrogen-bond donors (Lipinski definition) is 3. The summed E-state index contributed by atoms with van der Waals surface area (Å²) in [4.78, 5) is 16.9. The fourth-order valence-electron chi connectivity index (χ4n) is 4.29. The van der Waals surface area contributed by atoms with Crippen molar-refractivity contribution in [3.05, 3.63) is 84.1 Å². The number of aliphatic hydroxyl groups is 1. The summed E-state index contributed by atoms with van der Waals surface area (Å²) >= 11 is 0. The van der Waals surface area contributed by atoms with Crippen LogP contribution in [0.2, 0.25) is 0 Å². The van der Waals surface area contributed by atoms with Gasteiger partial charge in [-0.15, -0.1) is 0 Å². The zero-order chi connectivity index (χ0) is 25.0. The van der Waals surface area contributed by atoms with Crippen LogP contribution in [0, 0.1) is 0 Å². The first-order chi connectivity index (χ1) is 16.8. The van der Waals surface area contributed by atoms with Gasteiger partial charge in [-0.05, 0) is 62.6 Å². The first kappa shape index (κ1) is 24.4. The van der Waals surface area contributed by atoms with Crippen LogP contribution in [0.3, 0.4) is 0 Å². The summed E-state index contributed by atoms with van der Waals surface area (Å²) in [5, 5.41) is 14.4. The summed E-state index contributed by atoms with van der Waals surface area (Å²) in [5.74, 6) is 0.897. The van der Waals surface area contributed by atoms with Gasteiger partial charge in [0.25, 0.3) is 5.91 Å². The Bertz CT molecular complexity index is 1330. The molecule has 0 saturated heterocycles. The van der Waals surface area contributed by atoms with E-state index in [4.69, 9.17) is 9.47 Å². The van der Waals surface area contributed by atoms with Crippen molar-refractivity contribution in [2.45, 2.75) is 38.8 Å². The maximum atomic E-state index is 13.6. The number of para-hydroxylation sites is 2. The number of H-pyrrole nitrogens is 1. The minimum atomic E-state index is -0.877. The van der Waals surface area contributed by atoms with Crippen molar-refractivity contribution in [3.63, 3.8) is 0 Å². The number of amides is 1. The highest BCUT2D eigenvalue weighted by Gasteiger charge is 2.29. The zero-order valence-electron chi connectivity index (χ0n) is 20.6. The third kappa shape index (κ3) is 5.33. The summed E-state index contributed by atoms with van der Waals surface area (Å²) in [6, 6.07) is 21.2. The normalized spacial score (nSPS) is 13.0. The van der Waals surface area contributed by atoms with Gasteiger partial charge >= 0.3 is 0 Å². The maximum Gasteiger partial charge on any atom is 0.255 e. The number of fused-ring (bicyclic) bond motifs is 1. The van der Waals surface area contributed by atoms with E-state index in [0.717, 1.165) is 33.3 Å². The third-order valence-electron chi connectivity index (χ3n) is 6.02. The molecule has 1 unspecified atom stereocenters. The molecule has 4 rings (SSSR count). The summed E-state index contributed by atoms with van der Waals surface area (Å²) < 4.78 is 11.5. The van der Waals surface area contributed by atoms with Crippen molar-refractivity contribution < 1.29 is 19.4 Å². The molecule has 1 atom stereocenters. The summed E-state index contributed by atoms with van der Waals surface area (Å²) in [7, 11) is 1.63. The molecule has 0 aliphatic carbocycles. The molecule has 1 heterocycles. The lowest BCUT2D eigenvalue weighted by atomic mass is 9.92. The number of carbonyl (C=O) groups is 1. The molecule has 0 spiro atoms. The number of aromatic amines is 1. The Morgan fingerprint density at radius 1 is 1.06 bits per heavy atom. The molecular weight excluding hydrogens is 440 g/mol. The first-order valence-corrected chi connectivity index (χ1v) is 11.8. The molecule has 0 radical (unpaired) electrons. The number of aliphatic hydroxyl groups excluding tert-OH is 1. The van der Waals surface area contributed by atoms with E-state index in [0.29, 0.717) is 17.7 Å². The smallest absolute Gasteiger partial charge is 0.255 e. The lowest BCUT2D eigenvalue weighted by Crippen LogP contribution is -2.50. The average molecular weight is 473 g/mol. The highest BCUT2D eigenvalue weighted by Crippen LogP contribution is 2.33. The molecule has 1 aromatic heterocycles. The molecule has 0 fully saturated rings. The van der Waals surface area contributed by atoms with Crippen molar-refractivity contribution in [3.8, 4) is 22.6 Å². The molecule has 3 N–H and O–H groups in total. The van der Waals surface area contributed by atoms with Gasteiger partial charge in [-0.25, -0.2) is 0 Å². The van der Waals surface area contributed by atoms with E-state index in [-0.39, 0.29) is 18.6 Å². The number of carbonyl (C=O) groups excluding carboxylic acids is 1. The summed E-state index contributed by atoms with van der Waals surface area (Å²) in [6.07, 6.45) is 2.29. The van der Waals surface area contributed by atoms with Gasteiger partial charge in [-0.1, -0.05) is 42.5 Å². The number of benzene rings is 3. The summed E-state index contributed by atoms with van der Waals surface area (Å²) in [5.41, 5.74) is 3.29. The van der Waals surface area contributed by atoms with Gasteiger partial charge in [-0.3, -0.25) is 4.79 Å². The first-order valence-electron chi connectivity index (χ1n) is 11.8. The van der Waals surface area contributed by atoms with Crippen LogP contribution in [0.1, 0.15) is 36.7 Å². The van der Waals surface area contributed by atoms with Crippen molar-refractivity contribution in [2.75, 3.05) is 13.7 Å². The SMILES string of the molecule is COc1ccccc1-c1ccc(OC(C)C)c(C(=O)NC(C)(CO)Cc2c[nH]c3ccccc23)c1. The van der Waals surface area contributed by atoms with E-state index in [2.05, 4.69) is 10.3 Å². The van der Waals surface area contributed by atoms with Gasteiger partial charge in [0.15, 0.2) is 0 Å². The molecule has 0 bridgehead atoms. The number of nitrogens with one attached hydrogen (secondary N) is 2. The predicted octanol–water partition coefficient (Wildman–Crippen LogP) is 5.35. The molecule has 6 heteroatoms. The number of ether oxygens (including phenoxy) is 2. The van der Waals surface area contributed by atoms with E-state index in [1.54, 1.807) is 7.11 Å². The molecule has 1 amide bonds. The average Bonchev–Trinajstić information content (AvgIpc) is 3.26. The van der Waals surface area contributed by atoms with Crippen molar-refractivity contribution in [1.29, 1.82) is 0 Å². The quantitative estimate of drug-likeness (QED) is 0.306. The highest BCUT2D eigenvalue weighted by atomic mass is 16.5. The van der Waals surface area contributed by atoms with Crippen LogP contribution >= 0.6 is 0 Å². The number of rotatable bonds is 9. The molecule has 0 aliphatic heterocycles. The van der Waals surface area contributed by atoms with Gasteiger partial charge in [0.05, 0.1) is 30.9 Å². The maximum absolute atomic E-state index is 13.6. The van der Waals surface area contributed by atoms with E-state index < -0.39 is 5.54 Å². The Balaban J connectivity index is 1.67. The zero-order valence-corrected chi connectivity index (χ0v) is 20.6. The van der Waals surface area contributed by atoms with Gasteiger partial charge in [-0.2, -0.15) is 0 Å². The van der Waals surface area contributed by atoms with Crippen LogP contribution in [0.5, 0.6) is 11.5 Å². The van der Waals surface area contributed by atoms with E-state index >= 15 is 0 Å². The Morgan fingerprint density at radius 2 is 1.80 bits per heavy atom. The molecule has 35 heavy (non-hydrogen) atoms. The van der Waals surface area contributed by atoms with E-state index in [9.17, 15) is 9.90 Å². The number of hydrogen-bond acceptors (Lipinski definition) is 4. The Kier molecular flexibility index (Phi) is 7.12. The van der Waals surface area contributed by atoms with Gasteiger partial charge in [0, 0.05) is 22.7 Å². The van der Waals surface area contributed by atoms with E-state index in [1.807, 2.05) is 93.7 Å². The van der Waals surface area contributed by atoms with E-state index in [1.165, 1.54) is 0 Å². The molecule has 3 aromatic carbocycles. The van der Waals surface area contributed by atoms with Crippen molar-refractivity contribution in [2.24, 2.45) is 0 Å². The second kappa shape index (κ2) is 10.2. The van der Waals surface area contributed by atoms with Crippen LogP contribution < -0.4 is 14.8 Å². The van der Waals surface area contributed by atoms with Crippen molar-refractivity contribution >= 4 is 16.8 Å². The second-order valence-electron chi connectivity index (χ2n) is 9.29. The van der Waals surface area contributed by atoms with Crippen LogP contribution in [-0.2, 0) is 6.42 Å². The van der Waals surface area contributed by atoms with Crippen LogP contribution in [0.15, 0.2) is 72.9 Å². The fourth-order valence-corrected chi connectivity index (χ4v) is 4.29. The largest absolute Gasteiger partial charge is 0.496 e. The topological polar surface area (TPSA) is 83.6 Å². The fraction of sp³-hybridized carbons (Fsp3) is 0.276. The minimum absolute atomic E-state index is 0.103. The number of aromatic nitrogens is 1. The predicted molar refractivity (Wildman–Crippen MR) is 139 cm³/mol. The molecule has 0 aliphatic rings. The third-order valence-corrected chi connectivity index (χ3v) is 6.02. The van der Waals surface area contributed by atoms with Crippen LogP contribution in [0.25, 0.3) is 22.0 Å². The lowest BCUT2D eigenvalue weighted by Gasteiger charge is -2.29. The highest BCUT2D eigenvalue weighted by molar-refractivity contribution is 5.99. The Labute approximate surface area is 205 Å². The van der Waals surface area contributed by atoms with Crippen LogP contribution in [0.4, 0.5) is 0 Å². The molecule has 182 valence electrons. The Morgan fingerprint density at radius 3 is 2.54 bits per heavy atom. The molecule has 4 aromatic rings. The summed E-state index contributed by atoms with van der Waals surface area (Å²) in [6.45, 7) is 5.47. The monoisotopic (exact) mass is 472 g/mol. The van der Waals surface area contributed by atoms with Gasteiger partial charge in [0.2, 0.25) is 0 Å². The molecule has 0 saturated carbocycles. The standard InChI is InChI=1S/C29H32N2O4/c1-19(2)35-27-14-13-20(23-10-6-8-12-26(23)34-4)15-24(27)28(33)31-29(3,18-32)16-21-17-30-25-11-7-5-9-22(21)25/h5-15,17,19,30,32H,16,18H2,1-4H3,(H,31,33). The van der Waals surface area contributed by atoms with Gasteiger partial charge < -0.3 is 24.9 Å². The molecule has 6 nitrogen and oxygen atoms in total. The van der Waals surface area contributed by atoms with Crippen LogP contribution in [-0.4, -0.2) is 41.4 Å². The minimum Gasteiger partial charge on any atom is -0.496 e. The lowest BCUT2D eigenvalue weighted by molar-refractivity contribution is 0.0846.